The van der Waals surface area contributed by atoms with Gasteiger partial charge in [0.25, 0.3) is 0 Å². The molecule has 0 unspecified atom stereocenters. The minimum Gasteiger partial charge on any atom is -0.319 e. The second-order valence-corrected chi connectivity index (χ2v) is 2.85. The van der Waals surface area contributed by atoms with E-state index in [2.05, 4.69) is 6.58 Å². The van der Waals surface area contributed by atoms with Crippen molar-refractivity contribution in [2.45, 2.75) is 27.2 Å². The van der Waals surface area contributed by atoms with Crippen molar-refractivity contribution in [3.63, 3.8) is 0 Å². The van der Waals surface area contributed by atoms with E-state index in [1.807, 2.05) is 20.0 Å². The van der Waals surface area contributed by atoms with Crippen molar-refractivity contribution in [2.75, 3.05) is 6.54 Å². The average Bonchev–Trinajstić information content (AvgIpc) is 2.37. The van der Waals surface area contributed by atoms with Crippen LogP contribution < -0.4 is 0 Å². The van der Waals surface area contributed by atoms with Gasteiger partial charge in [0, 0.05) is 19.7 Å². The number of rotatable bonds is 0. The predicted octanol–water partition coefficient (Wildman–Crippen LogP) is 2.33. The molecule has 1 rings (SSSR count). The maximum Gasteiger partial charge on any atom is 0.223 e. The van der Waals surface area contributed by atoms with Crippen LogP contribution in [0.4, 0.5) is 0 Å². The number of amides is 1. The highest BCUT2D eigenvalue weighted by molar-refractivity contribution is 5.74. The predicted molar refractivity (Wildman–Crippen MR) is 51.6 cm³/mol. The molecule has 0 aliphatic carbocycles. The third-order valence-corrected chi connectivity index (χ3v) is 1.53. The number of allylic oxidation sites excluding steroid dienone is 1. The summed E-state index contributed by atoms with van der Waals surface area (Å²) in [6, 6.07) is 0. The van der Waals surface area contributed by atoms with Crippen molar-refractivity contribution >= 4 is 5.91 Å². The summed E-state index contributed by atoms with van der Waals surface area (Å²) < 4.78 is 0. The molecule has 0 aromatic heterocycles. The molecule has 12 heavy (non-hydrogen) atoms. The molecule has 0 fully saturated rings. The van der Waals surface area contributed by atoms with Gasteiger partial charge in [-0.25, -0.2) is 0 Å². The molecule has 1 heterocycles. The van der Waals surface area contributed by atoms with Gasteiger partial charge in [0.05, 0.1) is 0 Å². The van der Waals surface area contributed by atoms with E-state index in [-0.39, 0.29) is 5.91 Å². The van der Waals surface area contributed by atoms with Gasteiger partial charge < -0.3 is 4.90 Å². The lowest BCUT2D eigenvalue weighted by atomic mass is 10.3. The third kappa shape index (κ3) is 3.96. The molecule has 2 heteroatoms. The lowest BCUT2D eigenvalue weighted by Crippen LogP contribution is -2.19. The zero-order valence-electron chi connectivity index (χ0n) is 8.13. The molecule has 1 amide bonds. The second kappa shape index (κ2) is 5.58. The maximum atomic E-state index is 10.7. The summed E-state index contributed by atoms with van der Waals surface area (Å²) in [5.41, 5.74) is 1.30. The van der Waals surface area contributed by atoms with Crippen LogP contribution in [0.5, 0.6) is 0 Å². The van der Waals surface area contributed by atoms with Gasteiger partial charge in [-0.15, -0.1) is 6.58 Å². The van der Waals surface area contributed by atoms with Crippen molar-refractivity contribution in [2.24, 2.45) is 0 Å². The quantitative estimate of drug-likeness (QED) is 0.507. The van der Waals surface area contributed by atoms with Crippen molar-refractivity contribution in [1.82, 2.24) is 4.90 Å². The van der Waals surface area contributed by atoms with Gasteiger partial charge in [0.2, 0.25) is 5.91 Å². The van der Waals surface area contributed by atoms with Crippen LogP contribution in [0.3, 0.4) is 0 Å². The first-order valence-electron chi connectivity index (χ1n) is 4.13. The van der Waals surface area contributed by atoms with Crippen molar-refractivity contribution in [3.8, 4) is 0 Å². The zero-order valence-corrected chi connectivity index (χ0v) is 8.13. The lowest BCUT2D eigenvalue weighted by molar-refractivity contribution is -0.125. The van der Waals surface area contributed by atoms with Gasteiger partial charge in [-0.1, -0.05) is 11.6 Å². The van der Waals surface area contributed by atoms with Crippen LogP contribution in [0.15, 0.2) is 24.4 Å². The average molecular weight is 167 g/mol. The highest BCUT2D eigenvalue weighted by atomic mass is 16.2. The molecule has 68 valence electrons. The van der Waals surface area contributed by atoms with Gasteiger partial charge in [-0.05, 0) is 20.3 Å². The number of carbonyl (C=O) groups is 1. The van der Waals surface area contributed by atoms with E-state index < -0.39 is 0 Å². The fourth-order valence-electron chi connectivity index (χ4n) is 0.940. The molecule has 0 saturated heterocycles. The SMILES string of the molecule is C=CC.CC(=O)N1C=C(C)CC1. The van der Waals surface area contributed by atoms with Crippen LogP contribution in [-0.4, -0.2) is 17.4 Å². The van der Waals surface area contributed by atoms with E-state index in [9.17, 15) is 4.79 Å². The fourth-order valence-corrected chi connectivity index (χ4v) is 0.940. The molecule has 1 aliphatic rings. The minimum atomic E-state index is 0.145. The van der Waals surface area contributed by atoms with E-state index in [4.69, 9.17) is 0 Å². The van der Waals surface area contributed by atoms with Crippen LogP contribution in [0, 0.1) is 0 Å². The molecule has 0 aromatic carbocycles. The van der Waals surface area contributed by atoms with Crippen LogP contribution in [-0.2, 0) is 4.79 Å². The minimum absolute atomic E-state index is 0.145. The molecule has 0 bridgehead atoms. The van der Waals surface area contributed by atoms with Gasteiger partial charge >= 0.3 is 0 Å². The molecule has 0 N–H and O–H groups in total. The first-order chi connectivity index (χ1) is 5.61. The Morgan fingerprint density at radius 1 is 1.75 bits per heavy atom. The number of hydrogen-bond acceptors (Lipinski definition) is 1. The van der Waals surface area contributed by atoms with E-state index >= 15 is 0 Å². The number of nitrogens with zero attached hydrogens (tertiary/aromatic N) is 1. The Kier molecular flexibility index (Phi) is 5.09. The van der Waals surface area contributed by atoms with E-state index in [0.29, 0.717) is 0 Å². The van der Waals surface area contributed by atoms with Crippen molar-refractivity contribution < 1.29 is 4.79 Å². The van der Waals surface area contributed by atoms with Crippen LogP contribution in [0.25, 0.3) is 0 Å². The molecule has 0 saturated carbocycles. The van der Waals surface area contributed by atoms with Crippen LogP contribution >= 0.6 is 0 Å². The summed E-state index contributed by atoms with van der Waals surface area (Å²) >= 11 is 0. The van der Waals surface area contributed by atoms with Crippen LogP contribution in [0.1, 0.15) is 27.2 Å². The highest BCUT2D eigenvalue weighted by Crippen LogP contribution is 2.12. The highest BCUT2D eigenvalue weighted by Gasteiger charge is 2.11. The Morgan fingerprint density at radius 2 is 2.25 bits per heavy atom. The second-order valence-electron chi connectivity index (χ2n) is 2.85. The summed E-state index contributed by atoms with van der Waals surface area (Å²) in [4.78, 5) is 12.4. The number of hydrogen-bond donors (Lipinski definition) is 0. The maximum absolute atomic E-state index is 10.7. The Labute approximate surface area is 74.6 Å². The van der Waals surface area contributed by atoms with E-state index in [1.165, 1.54) is 5.57 Å². The summed E-state index contributed by atoms with van der Waals surface area (Å²) in [5.74, 6) is 0.145. The van der Waals surface area contributed by atoms with E-state index in [1.54, 1.807) is 17.9 Å². The normalized spacial score (nSPS) is 14.6. The fraction of sp³-hybridized carbons (Fsp3) is 0.500. The van der Waals surface area contributed by atoms with Gasteiger partial charge in [-0.2, -0.15) is 0 Å². The molecular weight excluding hydrogens is 150 g/mol. The Bertz CT molecular complexity index is 194. The van der Waals surface area contributed by atoms with E-state index in [0.717, 1.165) is 13.0 Å². The van der Waals surface area contributed by atoms with Crippen molar-refractivity contribution in [3.05, 3.63) is 24.4 Å². The topological polar surface area (TPSA) is 20.3 Å². The van der Waals surface area contributed by atoms with Crippen molar-refractivity contribution in [1.29, 1.82) is 0 Å². The van der Waals surface area contributed by atoms with Gasteiger partial charge in [0.1, 0.15) is 0 Å². The monoisotopic (exact) mass is 167 g/mol. The Morgan fingerprint density at radius 3 is 2.42 bits per heavy atom. The zero-order chi connectivity index (χ0) is 9.56. The van der Waals surface area contributed by atoms with Gasteiger partial charge in [0.15, 0.2) is 0 Å². The third-order valence-electron chi connectivity index (χ3n) is 1.53. The Balaban J connectivity index is 0.000000354. The first-order valence-corrected chi connectivity index (χ1v) is 4.13. The molecule has 0 aromatic rings. The summed E-state index contributed by atoms with van der Waals surface area (Å²) in [5, 5.41) is 0. The van der Waals surface area contributed by atoms with Gasteiger partial charge in [-0.3, -0.25) is 4.79 Å². The largest absolute Gasteiger partial charge is 0.319 e. The summed E-state index contributed by atoms with van der Waals surface area (Å²) in [7, 11) is 0. The summed E-state index contributed by atoms with van der Waals surface area (Å²) in [6.45, 7) is 9.76. The first kappa shape index (κ1) is 11.0. The lowest BCUT2D eigenvalue weighted by Gasteiger charge is -2.07. The van der Waals surface area contributed by atoms with Crippen LogP contribution in [0.2, 0.25) is 0 Å². The summed E-state index contributed by atoms with van der Waals surface area (Å²) in [6.07, 6.45) is 4.71. The Hall–Kier alpha value is -1.05. The molecule has 2 nitrogen and oxygen atoms in total. The standard InChI is InChI=1S/C7H11NO.C3H6/c1-6-3-4-8(5-6)7(2)9;1-3-2/h5H,3-4H2,1-2H3;3H,1H2,2H3. The number of carbonyl (C=O) groups excluding carboxylic acids is 1. The molecule has 0 radical (unpaired) electrons. The smallest absolute Gasteiger partial charge is 0.223 e. The molecule has 1 aliphatic heterocycles. The molecular formula is C10H17NO. The molecule has 0 atom stereocenters. The molecule has 0 spiro atoms.